The predicted molar refractivity (Wildman–Crippen MR) is 134 cm³/mol. The molecule has 3 aromatic rings. The fourth-order valence-corrected chi connectivity index (χ4v) is 5.30. The van der Waals surface area contributed by atoms with Crippen LogP contribution in [0.4, 0.5) is 15.8 Å². The number of carbonyl (C=O) groups is 1. The van der Waals surface area contributed by atoms with Crippen molar-refractivity contribution in [1.29, 1.82) is 0 Å². The molecule has 0 saturated heterocycles. The number of nitro benzene ring substituents is 1. The molecule has 37 heavy (non-hydrogen) atoms. The number of anilines is 1. The van der Waals surface area contributed by atoms with E-state index in [-0.39, 0.29) is 47.3 Å². The number of carbonyl (C=O) groups excluding carboxylic acids is 1. The summed E-state index contributed by atoms with van der Waals surface area (Å²) in [5.41, 5.74) is 0.0460. The highest BCUT2D eigenvalue weighted by molar-refractivity contribution is 7.54. The number of amides is 1. The van der Waals surface area contributed by atoms with Crippen molar-refractivity contribution in [1.82, 2.24) is 10.3 Å². The molecule has 11 nitrogen and oxygen atoms in total. The lowest BCUT2D eigenvalue weighted by Gasteiger charge is -2.28. The summed E-state index contributed by atoms with van der Waals surface area (Å²) in [5.74, 6) is -2.02. The standard InChI is InChI=1S/C24H26FN4O7P/c1-4-34-37(33,35-5-2)24(16-7-6-8-17(13-16)29(31)32)28-21-10-9-18(14-20(21)25)36-19-11-12-27-22(15-19)23(30)26-3/h6-15,24,28H,4-5H2,1-3H3,(H,26,30). The Hall–Kier alpha value is -3.86. The molecule has 0 fully saturated rings. The number of nitrogens with zero attached hydrogens (tertiary/aromatic N) is 2. The molecule has 0 spiro atoms. The number of pyridine rings is 1. The molecule has 0 saturated carbocycles. The van der Waals surface area contributed by atoms with Crippen LogP contribution in [0.1, 0.15) is 35.7 Å². The first-order valence-corrected chi connectivity index (χ1v) is 12.9. The van der Waals surface area contributed by atoms with Gasteiger partial charge >= 0.3 is 7.60 Å². The van der Waals surface area contributed by atoms with E-state index >= 15 is 4.39 Å². The minimum atomic E-state index is -3.95. The molecule has 0 aliphatic carbocycles. The molecule has 1 unspecified atom stereocenters. The number of halogens is 1. The van der Waals surface area contributed by atoms with E-state index in [0.717, 1.165) is 6.07 Å². The molecule has 1 amide bonds. The first-order valence-electron chi connectivity index (χ1n) is 11.3. The normalized spacial score (nSPS) is 12.0. The monoisotopic (exact) mass is 532 g/mol. The van der Waals surface area contributed by atoms with Crippen LogP contribution in [-0.2, 0) is 13.6 Å². The maximum absolute atomic E-state index is 15.2. The topological polar surface area (TPSA) is 142 Å². The summed E-state index contributed by atoms with van der Waals surface area (Å²) in [6.45, 7) is 3.31. The molecular formula is C24H26FN4O7P. The summed E-state index contributed by atoms with van der Waals surface area (Å²) < 4.78 is 45.4. The number of nitro groups is 1. The largest absolute Gasteiger partial charge is 0.457 e. The SMILES string of the molecule is CCOP(=O)(OCC)C(Nc1ccc(Oc2ccnc(C(=O)NC)c2)cc1F)c1cccc([N+](=O)[O-])c1. The van der Waals surface area contributed by atoms with Crippen LogP contribution in [0.5, 0.6) is 11.5 Å². The van der Waals surface area contributed by atoms with Gasteiger partial charge in [0.1, 0.15) is 23.0 Å². The van der Waals surface area contributed by atoms with Crippen LogP contribution in [0.2, 0.25) is 0 Å². The Labute approximate surface area is 212 Å². The molecule has 2 N–H and O–H groups in total. The van der Waals surface area contributed by atoms with Crippen molar-refractivity contribution in [3.05, 3.63) is 88.0 Å². The van der Waals surface area contributed by atoms with Gasteiger partial charge in [0, 0.05) is 37.5 Å². The van der Waals surface area contributed by atoms with Gasteiger partial charge in [0.05, 0.1) is 23.8 Å². The zero-order valence-electron chi connectivity index (χ0n) is 20.3. The summed E-state index contributed by atoms with van der Waals surface area (Å²) in [5, 5.41) is 16.6. The van der Waals surface area contributed by atoms with Crippen molar-refractivity contribution in [2.24, 2.45) is 0 Å². The molecule has 1 aromatic heterocycles. The van der Waals surface area contributed by atoms with Crippen molar-refractivity contribution < 1.29 is 32.5 Å². The van der Waals surface area contributed by atoms with Gasteiger partial charge in [0.2, 0.25) is 0 Å². The maximum Gasteiger partial charge on any atom is 0.357 e. The number of ether oxygens (including phenoxy) is 1. The van der Waals surface area contributed by atoms with E-state index < -0.39 is 30.0 Å². The average Bonchev–Trinajstić information content (AvgIpc) is 2.88. The van der Waals surface area contributed by atoms with Crippen LogP contribution in [0.15, 0.2) is 60.8 Å². The van der Waals surface area contributed by atoms with Gasteiger partial charge in [-0.25, -0.2) is 4.39 Å². The van der Waals surface area contributed by atoms with E-state index in [9.17, 15) is 19.5 Å². The number of benzene rings is 2. The second-order valence-corrected chi connectivity index (χ2v) is 9.59. The first kappa shape index (κ1) is 27.7. The number of hydrogen-bond donors (Lipinski definition) is 2. The Balaban J connectivity index is 1.94. The fourth-order valence-electron chi connectivity index (χ4n) is 3.39. The van der Waals surface area contributed by atoms with E-state index in [0.29, 0.717) is 0 Å². The fraction of sp³-hybridized carbons (Fsp3) is 0.250. The Morgan fingerprint density at radius 2 is 1.81 bits per heavy atom. The van der Waals surface area contributed by atoms with Gasteiger partial charge in [-0.3, -0.25) is 24.5 Å². The third-order valence-electron chi connectivity index (χ3n) is 4.99. The lowest BCUT2D eigenvalue weighted by molar-refractivity contribution is -0.384. The number of hydrogen-bond acceptors (Lipinski definition) is 9. The molecule has 0 aliphatic rings. The molecule has 0 bridgehead atoms. The van der Waals surface area contributed by atoms with E-state index in [1.165, 1.54) is 61.8 Å². The Morgan fingerprint density at radius 3 is 2.43 bits per heavy atom. The quantitative estimate of drug-likeness (QED) is 0.172. The second kappa shape index (κ2) is 12.4. The Bertz CT molecular complexity index is 1310. The van der Waals surface area contributed by atoms with Crippen LogP contribution < -0.4 is 15.4 Å². The lowest BCUT2D eigenvalue weighted by atomic mass is 10.2. The molecule has 0 aliphatic heterocycles. The van der Waals surface area contributed by atoms with Gasteiger partial charge in [0.25, 0.3) is 11.6 Å². The number of non-ortho nitro benzene ring substituents is 1. The van der Waals surface area contributed by atoms with Gasteiger partial charge in [0.15, 0.2) is 5.78 Å². The minimum Gasteiger partial charge on any atom is -0.457 e. The van der Waals surface area contributed by atoms with Crippen molar-refractivity contribution in [3.63, 3.8) is 0 Å². The smallest absolute Gasteiger partial charge is 0.357 e. The van der Waals surface area contributed by atoms with Crippen molar-refractivity contribution in [3.8, 4) is 11.5 Å². The summed E-state index contributed by atoms with van der Waals surface area (Å²) in [6.07, 6.45) is 1.38. The molecule has 1 atom stereocenters. The molecular weight excluding hydrogens is 506 g/mol. The highest BCUT2D eigenvalue weighted by Gasteiger charge is 2.38. The lowest BCUT2D eigenvalue weighted by Crippen LogP contribution is -2.18. The molecule has 2 aromatic carbocycles. The summed E-state index contributed by atoms with van der Waals surface area (Å²) in [6, 6.07) is 12.3. The third-order valence-corrected chi connectivity index (χ3v) is 7.29. The van der Waals surface area contributed by atoms with Crippen molar-refractivity contribution in [2.75, 3.05) is 25.6 Å². The van der Waals surface area contributed by atoms with E-state index in [2.05, 4.69) is 15.6 Å². The van der Waals surface area contributed by atoms with Gasteiger partial charge in [-0.1, -0.05) is 12.1 Å². The van der Waals surface area contributed by atoms with Crippen LogP contribution in [0, 0.1) is 15.9 Å². The molecule has 196 valence electrons. The van der Waals surface area contributed by atoms with Crippen LogP contribution in [-0.4, -0.2) is 36.1 Å². The van der Waals surface area contributed by atoms with Crippen molar-refractivity contribution >= 4 is 24.9 Å². The molecule has 13 heteroatoms. The van der Waals surface area contributed by atoms with Gasteiger partial charge in [-0.2, -0.15) is 0 Å². The number of rotatable bonds is 12. The highest BCUT2D eigenvalue weighted by atomic mass is 31.2. The van der Waals surface area contributed by atoms with E-state index in [1.54, 1.807) is 13.8 Å². The summed E-state index contributed by atoms with van der Waals surface area (Å²) in [7, 11) is -2.48. The Kier molecular flexibility index (Phi) is 9.29. The zero-order valence-corrected chi connectivity index (χ0v) is 21.2. The van der Waals surface area contributed by atoms with Crippen LogP contribution in [0.25, 0.3) is 0 Å². The third kappa shape index (κ3) is 6.88. The minimum absolute atomic E-state index is 0.0314. The van der Waals surface area contributed by atoms with Gasteiger partial charge in [-0.05, 0) is 37.6 Å². The first-order chi connectivity index (χ1) is 17.7. The van der Waals surface area contributed by atoms with E-state index in [4.69, 9.17) is 13.8 Å². The van der Waals surface area contributed by atoms with Crippen LogP contribution in [0.3, 0.4) is 0 Å². The zero-order chi connectivity index (χ0) is 27.0. The molecule has 3 rings (SSSR count). The highest BCUT2D eigenvalue weighted by Crippen LogP contribution is 2.61. The number of nitrogens with one attached hydrogen (secondary N) is 2. The average molecular weight is 532 g/mol. The van der Waals surface area contributed by atoms with E-state index in [1.807, 2.05) is 0 Å². The Morgan fingerprint density at radius 1 is 1.11 bits per heavy atom. The van der Waals surface area contributed by atoms with Gasteiger partial charge < -0.3 is 24.4 Å². The molecule has 1 heterocycles. The van der Waals surface area contributed by atoms with Gasteiger partial charge in [-0.15, -0.1) is 0 Å². The van der Waals surface area contributed by atoms with Crippen LogP contribution >= 0.6 is 7.60 Å². The number of aromatic nitrogens is 1. The van der Waals surface area contributed by atoms with Crippen molar-refractivity contribution in [2.45, 2.75) is 19.6 Å². The second-order valence-electron chi connectivity index (χ2n) is 7.47. The summed E-state index contributed by atoms with van der Waals surface area (Å²) >= 11 is 0. The predicted octanol–water partition coefficient (Wildman–Crippen LogP) is 5.66. The summed E-state index contributed by atoms with van der Waals surface area (Å²) in [4.78, 5) is 26.5. The molecule has 0 radical (unpaired) electrons. The maximum atomic E-state index is 15.2.